The molecule has 25 heavy (non-hydrogen) atoms. The Balaban J connectivity index is 1.79. The van der Waals surface area contributed by atoms with E-state index < -0.39 is 10.8 Å². The van der Waals surface area contributed by atoms with E-state index in [4.69, 9.17) is 16.3 Å². The highest BCUT2D eigenvalue weighted by atomic mass is 35.5. The summed E-state index contributed by atoms with van der Waals surface area (Å²) < 4.78 is 16.5. The van der Waals surface area contributed by atoms with Gasteiger partial charge in [0.1, 0.15) is 23.1 Å². The first-order valence-corrected chi connectivity index (χ1v) is 10.7. The van der Waals surface area contributed by atoms with Crippen LogP contribution in [-0.2, 0) is 20.3 Å². The van der Waals surface area contributed by atoms with Gasteiger partial charge in [-0.25, -0.2) is 15.0 Å². The van der Waals surface area contributed by atoms with E-state index in [1.165, 1.54) is 11.8 Å². The van der Waals surface area contributed by atoms with Crippen LogP contribution in [0.15, 0.2) is 11.2 Å². The number of hydrogen-bond acceptors (Lipinski definition) is 9. The predicted octanol–water partition coefficient (Wildman–Crippen LogP) is 0.930. The highest BCUT2D eigenvalue weighted by molar-refractivity contribution is 8.14. The van der Waals surface area contributed by atoms with Gasteiger partial charge in [-0.3, -0.25) is 19.0 Å². The number of hydrogen-bond donors (Lipinski definition) is 0. The highest BCUT2D eigenvalue weighted by Gasteiger charge is 2.29. The third-order valence-electron chi connectivity index (χ3n) is 3.70. The molecule has 1 aromatic heterocycles. The van der Waals surface area contributed by atoms with E-state index in [1.807, 2.05) is 5.01 Å². The molecule has 136 valence electrons. The normalized spacial score (nSPS) is 18.6. The molecule has 2 aliphatic heterocycles. The zero-order valence-corrected chi connectivity index (χ0v) is 16.1. The van der Waals surface area contributed by atoms with Crippen LogP contribution in [0, 0.1) is 0 Å². The van der Waals surface area contributed by atoms with Crippen LogP contribution in [0.25, 0.3) is 0 Å². The molecule has 1 fully saturated rings. The van der Waals surface area contributed by atoms with Crippen molar-refractivity contribution in [2.75, 3.05) is 48.6 Å². The maximum Gasteiger partial charge on any atom is 0.316 e. The van der Waals surface area contributed by atoms with E-state index >= 15 is 0 Å². The van der Waals surface area contributed by atoms with E-state index in [-0.39, 0.29) is 17.0 Å². The van der Waals surface area contributed by atoms with Crippen LogP contribution in [0.3, 0.4) is 0 Å². The fraction of sp³-hybridized carbons (Fsp3) is 0.571. The van der Waals surface area contributed by atoms with Crippen molar-refractivity contribution < 1.29 is 13.7 Å². The van der Waals surface area contributed by atoms with Crippen LogP contribution < -0.4 is 5.01 Å². The highest BCUT2D eigenvalue weighted by Crippen LogP contribution is 2.30. The van der Waals surface area contributed by atoms with Crippen molar-refractivity contribution >= 4 is 50.9 Å². The van der Waals surface area contributed by atoms with E-state index in [0.717, 1.165) is 5.69 Å². The molecule has 3 heterocycles. The number of esters is 1. The molecule has 0 radical (unpaired) electrons. The lowest BCUT2D eigenvalue weighted by Gasteiger charge is -2.39. The van der Waals surface area contributed by atoms with Crippen molar-refractivity contribution in [2.45, 2.75) is 6.92 Å². The first-order chi connectivity index (χ1) is 12.1. The number of ether oxygens (including phenoxy) is 1. The largest absolute Gasteiger partial charge is 0.465 e. The summed E-state index contributed by atoms with van der Waals surface area (Å²) in [6.45, 7) is 3.90. The van der Waals surface area contributed by atoms with Gasteiger partial charge in [0.15, 0.2) is 0 Å². The van der Waals surface area contributed by atoms with Crippen LogP contribution in [0.5, 0.6) is 0 Å². The summed E-state index contributed by atoms with van der Waals surface area (Å²) in [5.74, 6) is 1.14. The number of aromatic nitrogens is 2. The molecule has 0 aliphatic carbocycles. The molecule has 0 aromatic carbocycles. The Morgan fingerprint density at radius 1 is 1.44 bits per heavy atom. The van der Waals surface area contributed by atoms with Gasteiger partial charge in [0, 0.05) is 35.4 Å². The van der Waals surface area contributed by atoms with Gasteiger partial charge in [0.25, 0.3) is 0 Å². The van der Waals surface area contributed by atoms with E-state index in [2.05, 4.69) is 20.0 Å². The quantitative estimate of drug-likeness (QED) is 0.542. The molecule has 0 unspecified atom stereocenters. The molecule has 0 spiro atoms. The average molecular weight is 404 g/mol. The number of halogens is 1. The zero-order valence-electron chi connectivity index (χ0n) is 13.7. The van der Waals surface area contributed by atoms with Gasteiger partial charge in [0.05, 0.1) is 18.6 Å². The summed E-state index contributed by atoms with van der Waals surface area (Å²) in [6, 6.07) is 0. The number of rotatable bonds is 4. The lowest BCUT2D eigenvalue weighted by molar-refractivity contribution is -0.139. The molecule has 3 rings (SSSR count). The maximum absolute atomic E-state index is 11.6. The molecule has 0 atom stereocenters. The molecular weight excluding hydrogens is 386 g/mol. The van der Waals surface area contributed by atoms with Gasteiger partial charge in [-0.2, -0.15) is 0 Å². The van der Waals surface area contributed by atoms with E-state index in [1.54, 1.807) is 13.1 Å². The van der Waals surface area contributed by atoms with Crippen LogP contribution >= 0.6 is 23.4 Å². The minimum absolute atomic E-state index is 0.129. The Morgan fingerprint density at radius 3 is 2.92 bits per heavy atom. The Hall–Kier alpha value is -1.23. The third-order valence-corrected chi connectivity index (χ3v) is 6.13. The lowest BCUT2D eigenvalue weighted by atomic mass is 10.3. The number of fused-ring (bicyclic) bond motifs is 1. The summed E-state index contributed by atoms with van der Waals surface area (Å²) in [4.78, 5) is 24.5. The third kappa shape index (κ3) is 4.49. The lowest BCUT2D eigenvalue weighted by Crippen LogP contribution is -2.51. The van der Waals surface area contributed by atoms with Crippen LogP contribution in [-0.4, -0.2) is 73.8 Å². The fourth-order valence-electron chi connectivity index (χ4n) is 2.54. The SMILES string of the molecule is CCOC(=O)CSC1=NCN(N2CCS(=O)CC2)c2cnc(Cl)nc21. The number of aliphatic imine (C=N–C) groups is 1. The van der Waals surface area contributed by atoms with Crippen LogP contribution in [0.2, 0.25) is 5.28 Å². The smallest absolute Gasteiger partial charge is 0.316 e. The minimum Gasteiger partial charge on any atom is -0.465 e. The first kappa shape index (κ1) is 18.6. The molecule has 1 saturated heterocycles. The number of carbonyl (C=O) groups excluding carboxylic acids is 1. The molecule has 11 heteroatoms. The van der Waals surface area contributed by atoms with Gasteiger partial charge in [-0.1, -0.05) is 11.8 Å². The van der Waals surface area contributed by atoms with Gasteiger partial charge in [0.2, 0.25) is 5.28 Å². The van der Waals surface area contributed by atoms with E-state index in [0.29, 0.717) is 48.6 Å². The van der Waals surface area contributed by atoms with Gasteiger partial charge < -0.3 is 4.74 Å². The molecule has 1 aromatic rings. The summed E-state index contributed by atoms with van der Waals surface area (Å²) in [5, 5.41) is 4.86. The zero-order chi connectivity index (χ0) is 17.8. The molecular formula is C14H18ClN5O3S2. The summed E-state index contributed by atoms with van der Waals surface area (Å²) in [5.41, 5.74) is 1.39. The van der Waals surface area contributed by atoms with Crippen LogP contribution in [0.4, 0.5) is 5.69 Å². The Morgan fingerprint density at radius 2 is 2.20 bits per heavy atom. The number of nitrogens with zero attached hydrogens (tertiary/aromatic N) is 5. The Labute approximate surface area is 157 Å². The predicted molar refractivity (Wildman–Crippen MR) is 99.5 cm³/mol. The van der Waals surface area contributed by atoms with Crippen LogP contribution in [0.1, 0.15) is 12.6 Å². The molecule has 0 N–H and O–H groups in total. The standard InChI is InChI=1S/C14H18ClN5O3S2/c1-2-23-11(21)8-24-13-12-10(7-16-14(15)18-12)20(9-17-13)19-3-5-25(22)6-4-19/h7H,2-6,8-9H2,1H3. The second-order valence-corrected chi connectivity index (χ2v) is 8.27. The van der Waals surface area contributed by atoms with Crippen molar-refractivity contribution in [1.29, 1.82) is 0 Å². The van der Waals surface area contributed by atoms with Crippen molar-refractivity contribution in [3.63, 3.8) is 0 Å². The summed E-state index contributed by atoms with van der Waals surface area (Å²) in [6.07, 6.45) is 1.66. The molecule has 0 bridgehead atoms. The number of anilines is 1. The van der Waals surface area contributed by atoms with Crippen molar-refractivity contribution in [2.24, 2.45) is 4.99 Å². The summed E-state index contributed by atoms with van der Waals surface area (Å²) in [7, 11) is -0.756. The molecule has 2 aliphatic rings. The van der Waals surface area contributed by atoms with E-state index in [9.17, 15) is 9.00 Å². The molecule has 0 saturated carbocycles. The minimum atomic E-state index is -0.756. The van der Waals surface area contributed by atoms with Gasteiger partial charge in [-0.05, 0) is 18.5 Å². The monoisotopic (exact) mass is 403 g/mol. The summed E-state index contributed by atoms with van der Waals surface area (Å²) >= 11 is 7.24. The Bertz CT molecular complexity index is 708. The van der Waals surface area contributed by atoms with Gasteiger partial charge >= 0.3 is 5.97 Å². The van der Waals surface area contributed by atoms with Crippen molar-refractivity contribution in [3.05, 3.63) is 17.2 Å². The molecule has 8 nitrogen and oxygen atoms in total. The van der Waals surface area contributed by atoms with Crippen molar-refractivity contribution in [3.8, 4) is 0 Å². The second kappa shape index (κ2) is 8.43. The first-order valence-electron chi connectivity index (χ1n) is 7.81. The number of thioether (sulfide) groups is 1. The second-order valence-electron chi connectivity index (χ2n) is 5.27. The average Bonchev–Trinajstić information content (AvgIpc) is 2.60. The number of carbonyl (C=O) groups is 1. The number of hydrazine groups is 1. The van der Waals surface area contributed by atoms with Crippen molar-refractivity contribution in [1.82, 2.24) is 15.0 Å². The fourth-order valence-corrected chi connectivity index (χ4v) is 4.48. The maximum atomic E-state index is 11.6. The topological polar surface area (TPSA) is 88.0 Å². The van der Waals surface area contributed by atoms with Gasteiger partial charge in [-0.15, -0.1) is 0 Å². The molecule has 0 amide bonds. The Kier molecular flexibility index (Phi) is 6.26.